The molecule has 0 bridgehead atoms. The number of aromatic nitrogens is 3. The lowest BCUT2D eigenvalue weighted by molar-refractivity contribution is -0.118. The molecule has 0 spiro atoms. The van der Waals surface area contributed by atoms with Gasteiger partial charge in [-0.1, -0.05) is 78.9 Å². The number of pyridine rings is 1. The number of aryl methyl sites for hydroxylation is 2. The fourth-order valence-electron chi connectivity index (χ4n) is 5.39. The largest absolute Gasteiger partial charge is 0.438 e. The van der Waals surface area contributed by atoms with Crippen LogP contribution in [0, 0.1) is 25.2 Å². The summed E-state index contributed by atoms with van der Waals surface area (Å²) in [5, 5.41) is 18.6. The zero-order chi connectivity index (χ0) is 29.4. The number of amides is 1. The third kappa shape index (κ3) is 4.47. The molecule has 8 heteroatoms. The smallest absolute Gasteiger partial charge is 0.253 e. The summed E-state index contributed by atoms with van der Waals surface area (Å²) in [5.41, 5.74) is 4.79. The van der Waals surface area contributed by atoms with Crippen molar-refractivity contribution >= 4 is 22.8 Å². The molecule has 0 saturated heterocycles. The van der Waals surface area contributed by atoms with Gasteiger partial charge >= 0.3 is 0 Å². The molecule has 1 N–H and O–H groups in total. The number of benzene rings is 3. The predicted molar refractivity (Wildman–Crippen MR) is 162 cm³/mol. The molecule has 0 radical (unpaired) electrons. The van der Waals surface area contributed by atoms with Crippen molar-refractivity contribution in [3.05, 3.63) is 124 Å². The molecule has 206 valence electrons. The number of anilines is 1. The Bertz CT molecular complexity index is 2030. The van der Waals surface area contributed by atoms with E-state index in [4.69, 9.17) is 9.52 Å². The molecular formula is C34H27N5O3. The Kier molecular flexibility index (Phi) is 6.77. The van der Waals surface area contributed by atoms with Crippen LogP contribution in [0.4, 0.5) is 5.88 Å². The molecule has 6 aromatic rings. The van der Waals surface area contributed by atoms with Crippen LogP contribution in [0.1, 0.15) is 29.8 Å². The summed E-state index contributed by atoms with van der Waals surface area (Å²) in [4.78, 5) is 27.3. The topological polar surface area (TPSA) is 106 Å². The van der Waals surface area contributed by atoms with Gasteiger partial charge in [0.05, 0.1) is 11.4 Å². The van der Waals surface area contributed by atoms with E-state index < -0.39 is 11.9 Å². The number of fused-ring (bicyclic) bond motifs is 1. The molecule has 0 aliphatic heterocycles. The summed E-state index contributed by atoms with van der Waals surface area (Å²) >= 11 is 0. The Morgan fingerprint density at radius 1 is 0.929 bits per heavy atom. The summed E-state index contributed by atoms with van der Waals surface area (Å²) in [6.45, 7) is 5.39. The molecule has 1 amide bonds. The minimum atomic E-state index is -0.962. The Labute approximate surface area is 242 Å². The highest BCUT2D eigenvalue weighted by Gasteiger charge is 2.28. The van der Waals surface area contributed by atoms with Crippen molar-refractivity contribution in [3.8, 4) is 34.2 Å². The number of nitriles is 1. The van der Waals surface area contributed by atoms with Crippen molar-refractivity contribution in [1.82, 2.24) is 14.3 Å². The highest BCUT2D eigenvalue weighted by Crippen LogP contribution is 2.41. The second-order valence-corrected chi connectivity index (χ2v) is 10.1. The number of carbonyl (C=O) groups is 1. The molecule has 3 heterocycles. The zero-order valence-corrected chi connectivity index (χ0v) is 23.3. The van der Waals surface area contributed by atoms with Gasteiger partial charge in [0.15, 0.2) is 0 Å². The predicted octanol–water partition coefficient (Wildman–Crippen LogP) is 6.80. The van der Waals surface area contributed by atoms with Crippen LogP contribution < -0.4 is 10.9 Å². The minimum Gasteiger partial charge on any atom is -0.438 e. The number of para-hydroxylation sites is 1. The highest BCUT2D eigenvalue weighted by atomic mass is 16.4. The van der Waals surface area contributed by atoms with Crippen molar-refractivity contribution in [2.45, 2.75) is 26.8 Å². The molecule has 6 rings (SSSR count). The highest BCUT2D eigenvalue weighted by molar-refractivity contribution is 5.98. The molecule has 42 heavy (non-hydrogen) atoms. The average molecular weight is 554 g/mol. The minimum absolute atomic E-state index is 0.0243. The van der Waals surface area contributed by atoms with Crippen molar-refractivity contribution < 1.29 is 9.21 Å². The number of hydrogen-bond donors (Lipinski definition) is 1. The van der Waals surface area contributed by atoms with Crippen LogP contribution in [0.2, 0.25) is 0 Å². The Morgan fingerprint density at radius 2 is 1.52 bits per heavy atom. The lowest BCUT2D eigenvalue weighted by atomic mass is 9.98. The maximum atomic E-state index is 13.8. The molecule has 0 fully saturated rings. The van der Waals surface area contributed by atoms with Crippen LogP contribution in [-0.2, 0) is 4.79 Å². The number of nitrogens with one attached hydrogen (secondary N) is 1. The number of carbonyl (C=O) groups excluding carboxylic acids is 1. The van der Waals surface area contributed by atoms with Gasteiger partial charge in [0, 0.05) is 22.6 Å². The lowest BCUT2D eigenvalue weighted by Gasteiger charge is -2.18. The van der Waals surface area contributed by atoms with Gasteiger partial charge in [-0.15, -0.1) is 0 Å². The third-order valence-corrected chi connectivity index (χ3v) is 7.36. The van der Waals surface area contributed by atoms with Crippen molar-refractivity contribution in [1.29, 1.82) is 5.26 Å². The number of rotatable bonds is 6. The Hall–Kier alpha value is -5.68. The van der Waals surface area contributed by atoms with E-state index in [2.05, 4.69) is 11.4 Å². The molecule has 1 unspecified atom stereocenters. The monoisotopic (exact) mass is 553 g/mol. The first-order valence-electron chi connectivity index (χ1n) is 13.5. The van der Waals surface area contributed by atoms with Gasteiger partial charge in [-0.3, -0.25) is 19.5 Å². The molecule has 0 aliphatic carbocycles. The van der Waals surface area contributed by atoms with Crippen molar-refractivity contribution in [2.24, 2.45) is 0 Å². The van der Waals surface area contributed by atoms with Gasteiger partial charge in [-0.25, -0.2) is 4.68 Å². The van der Waals surface area contributed by atoms with Crippen LogP contribution in [0.3, 0.4) is 0 Å². The average Bonchev–Trinajstić information content (AvgIpc) is 3.56. The maximum absolute atomic E-state index is 13.8. The molecule has 3 aromatic carbocycles. The van der Waals surface area contributed by atoms with E-state index in [1.807, 2.05) is 105 Å². The van der Waals surface area contributed by atoms with E-state index >= 15 is 0 Å². The van der Waals surface area contributed by atoms with Crippen LogP contribution >= 0.6 is 0 Å². The standard InChI is InChI=1S/C34H27N5O3/c1-21-19-28(40)38(34-29(21)22(2)37-39(34)26-17-11-6-12-18-26)23(3)32(41)36-33-27(20-35)30(24-13-7-4-8-14-24)31(42-33)25-15-9-5-10-16-25/h4-19,23H,1-3H3,(H,36,41). The maximum Gasteiger partial charge on any atom is 0.253 e. The fourth-order valence-corrected chi connectivity index (χ4v) is 5.39. The Morgan fingerprint density at radius 3 is 2.14 bits per heavy atom. The molecule has 8 nitrogen and oxygen atoms in total. The Balaban J connectivity index is 1.47. The first-order chi connectivity index (χ1) is 20.4. The van der Waals surface area contributed by atoms with Gasteiger partial charge in [0.1, 0.15) is 29.1 Å². The van der Waals surface area contributed by atoms with E-state index in [1.54, 1.807) is 11.6 Å². The molecular weight excluding hydrogens is 526 g/mol. The van der Waals surface area contributed by atoms with E-state index in [-0.39, 0.29) is 17.0 Å². The second-order valence-electron chi connectivity index (χ2n) is 10.1. The van der Waals surface area contributed by atoms with Crippen LogP contribution in [0.15, 0.2) is 106 Å². The number of furan rings is 1. The normalized spacial score (nSPS) is 11.8. The van der Waals surface area contributed by atoms with E-state index in [9.17, 15) is 14.9 Å². The molecule has 1 atom stereocenters. The van der Waals surface area contributed by atoms with Crippen LogP contribution in [-0.4, -0.2) is 20.3 Å². The second kappa shape index (κ2) is 10.7. The summed E-state index contributed by atoms with van der Waals surface area (Å²) in [6, 6.07) is 31.1. The fraction of sp³-hybridized carbons (Fsp3) is 0.118. The summed E-state index contributed by atoms with van der Waals surface area (Å²) < 4.78 is 9.34. The molecule has 0 aliphatic rings. The van der Waals surface area contributed by atoms with E-state index in [0.717, 1.165) is 33.5 Å². The summed E-state index contributed by atoms with van der Waals surface area (Å²) in [5.74, 6) is -0.0182. The third-order valence-electron chi connectivity index (χ3n) is 7.36. The number of nitrogens with zero attached hydrogens (tertiary/aromatic N) is 4. The first-order valence-corrected chi connectivity index (χ1v) is 13.5. The summed E-state index contributed by atoms with van der Waals surface area (Å²) in [6.07, 6.45) is 0. The van der Waals surface area contributed by atoms with Crippen LogP contribution in [0.25, 0.3) is 39.2 Å². The SMILES string of the molecule is Cc1cc(=O)n(C(C)C(=O)Nc2oc(-c3ccccc3)c(-c3ccccc3)c2C#N)c2c1c(C)nn2-c1ccccc1. The van der Waals surface area contributed by atoms with Crippen molar-refractivity contribution in [2.75, 3.05) is 5.32 Å². The summed E-state index contributed by atoms with van der Waals surface area (Å²) in [7, 11) is 0. The first kappa shape index (κ1) is 26.5. The van der Waals surface area contributed by atoms with Gasteiger partial charge in [0.25, 0.3) is 5.56 Å². The van der Waals surface area contributed by atoms with E-state index in [1.165, 1.54) is 10.6 Å². The lowest BCUT2D eigenvalue weighted by Crippen LogP contribution is -2.32. The van der Waals surface area contributed by atoms with Crippen LogP contribution in [0.5, 0.6) is 0 Å². The van der Waals surface area contributed by atoms with Crippen molar-refractivity contribution in [3.63, 3.8) is 0 Å². The molecule has 0 saturated carbocycles. The van der Waals surface area contributed by atoms with E-state index in [0.29, 0.717) is 17.0 Å². The van der Waals surface area contributed by atoms with Gasteiger partial charge in [-0.05, 0) is 44.0 Å². The van der Waals surface area contributed by atoms with Gasteiger partial charge in [-0.2, -0.15) is 10.4 Å². The number of hydrogen-bond acceptors (Lipinski definition) is 5. The van der Waals surface area contributed by atoms with Gasteiger partial charge in [0.2, 0.25) is 11.8 Å². The molecule has 3 aromatic heterocycles. The quantitative estimate of drug-likeness (QED) is 0.244. The zero-order valence-electron chi connectivity index (χ0n) is 23.3. The van der Waals surface area contributed by atoms with Gasteiger partial charge < -0.3 is 4.42 Å².